The lowest BCUT2D eigenvalue weighted by atomic mass is 9.85. The standard InChI is InChI=1S/C8H13NO/c10-7-2-1-6-3-4-9-8(6)5-7/h6,8-9H,1-5H2. The number of fused-ring (bicyclic) bond motifs is 1. The van der Waals surface area contributed by atoms with E-state index in [2.05, 4.69) is 5.32 Å². The van der Waals surface area contributed by atoms with Crippen molar-refractivity contribution in [2.24, 2.45) is 5.92 Å². The van der Waals surface area contributed by atoms with Gasteiger partial charge in [-0.05, 0) is 25.3 Å². The molecule has 2 heteroatoms. The van der Waals surface area contributed by atoms with Gasteiger partial charge < -0.3 is 5.32 Å². The van der Waals surface area contributed by atoms with Gasteiger partial charge in [0.2, 0.25) is 0 Å². The topological polar surface area (TPSA) is 29.1 Å². The number of rotatable bonds is 0. The van der Waals surface area contributed by atoms with Gasteiger partial charge in [-0.1, -0.05) is 0 Å². The first-order valence-electron chi connectivity index (χ1n) is 4.11. The van der Waals surface area contributed by atoms with Crippen molar-refractivity contribution in [3.63, 3.8) is 0 Å². The average molecular weight is 139 g/mol. The molecule has 2 rings (SSSR count). The van der Waals surface area contributed by atoms with Gasteiger partial charge in [0.1, 0.15) is 5.78 Å². The Hall–Kier alpha value is -0.370. The van der Waals surface area contributed by atoms with E-state index < -0.39 is 0 Å². The van der Waals surface area contributed by atoms with Gasteiger partial charge in [-0.3, -0.25) is 4.79 Å². The summed E-state index contributed by atoms with van der Waals surface area (Å²) in [6.45, 7) is 1.13. The zero-order valence-corrected chi connectivity index (χ0v) is 6.10. The third kappa shape index (κ3) is 0.966. The van der Waals surface area contributed by atoms with E-state index in [1.807, 2.05) is 0 Å². The highest BCUT2D eigenvalue weighted by Crippen LogP contribution is 2.28. The monoisotopic (exact) mass is 139 g/mol. The van der Waals surface area contributed by atoms with E-state index in [1.54, 1.807) is 0 Å². The van der Waals surface area contributed by atoms with E-state index in [-0.39, 0.29) is 0 Å². The Labute approximate surface area is 61.0 Å². The van der Waals surface area contributed by atoms with E-state index in [4.69, 9.17) is 0 Å². The number of carbonyl (C=O) groups is 1. The Morgan fingerprint density at radius 3 is 3.20 bits per heavy atom. The summed E-state index contributed by atoms with van der Waals surface area (Å²) in [4.78, 5) is 11.0. The fourth-order valence-corrected chi connectivity index (χ4v) is 2.10. The lowest BCUT2D eigenvalue weighted by Crippen LogP contribution is -2.33. The largest absolute Gasteiger partial charge is 0.313 e. The summed E-state index contributed by atoms with van der Waals surface area (Å²) >= 11 is 0. The Kier molecular flexibility index (Phi) is 1.49. The van der Waals surface area contributed by atoms with Gasteiger partial charge in [0.25, 0.3) is 0 Å². The summed E-state index contributed by atoms with van der Waals surface area (Å²) in [6.07, 6.45) is 4.06. The maximum Gasteiger partial charge on any atom is 0.134 e. The first-order valence-corrected chi connectivity index (χ1v) is 4.11. The van der Waals surface area contributed by atoms with Gasteiger partial charge in [-0.15, -0.1) is 0 Å². The van der Waals surface area contributed by atoms with Crippen molar-refractivity contribution in [3.05, 3.63) is 0 Å². The van der Waals surface area contributed by atoms with Crippen molar-refractivity contribution < 1.29 is 4.79 Å². The number of carbonyl (C=O) groups excluding carboxylic acids is 1. The normalized spacial score (nSPS) is 39.8. The van der Waals surface area contributed by atoms with Gasteiger partial charge in [0, 0.05) is 18.9 Å². The summed E-state index contributed by atoms with van der Waals surface area (Å²) in [5.74, 6) is 1.27. The molecular formula is C8H13NO. The zero-order chi connectivity index (χ0) is 6.97. The molecule has 1 heterocycles. The molecule has 0 amide bonds. The second-order valence-corrected chi connectivity index (χ2v) is 3.39. The molecule has 1 aliphatic heterocycles. The van der Waals surface area contributed by atoms with Crippen molar-refractivity contribution >= 4 is 5.78 Å². The number of Topliss-reactive ketones (excluding diaryl/α,β-unsaturated/α-hetero) is 1. The van der Waals surface area contributed by atoms with Crippen molar-refractivity contribution in [2.75, 3.05) is 6.54 Å². The molecule has 0 spiro atoms. The fraction of sp³-hybridized carbons (Fsp3) is 0.875. The molecule has 0 aromatic rings. The second-order valence-electron chi connectivity index (χ2n) is 3.39. The van der Waals surface area contributed by atoms with Gasteiger partial charge in [0.05, 0.1) is 0 Å². The molecule has 0 aromatic carbocycles. The van der Waals surface area contributed by atoms with Gasteiger partial charge in [-0.2, -0.15) is 0 Å². The van der Waals surface area contributed by atoms with Crippen LogP contribution in [0.25, 0.3) is 0 Å². The summed E-state index contributed by atoms with van der Waals surface area (Å²) in [6, 6.07) is 0.543. The highest BCUT2D eigenvalue weighted by atomic mass is 16.1. The van der Waals surface area contributed by atoms with Crippen LogP contribution >= 0.6 is 0 Å². The molecule has 0 radical (unpaired) electrons. The zero-order valence-electron chi connectivity index (χ0n) is 6.10. The molecule has 56 valence electrons. The van der Waals surface area contributed by atoms with E-state index in [0.29, 0.717) is 11.8 Å². The third-order valence-corrected chi connectivity index (χ3v) is 2.73. The minimum atomic E-state index is 0.454. The minimum Gasteiger partial charge on any atom is -0.313 e. The van der Waals surface area contributed by atoms with Crippen LogP contribution in [0.4, 0.5) is 0 Å². The van der Waals surface area contributed by atoms with E-state index in [1.165, 1.54) is 6.42 Å². The SMILES string of the molecule is O=C1CCC2CCNC2C1. The third-order valence-electron chi connectivity index (χ3n) is 2.73. The molecule has 0 aromatic heterocycles. The summed E-state index contributed by atoms with van der Waals surface area (Å²) in [5.41, 5.74) is 0. The number of ketones is 1. The van der Waals surface area contributed by atoms with Crippen molar-refractivity contribution in [1.82, 2.24) is 5.32 Å². The van der Waals surface area contributed by atoms with Crippen LogP contribution in [0.5, 0.6) is 0 Å². The Bertz CT molecular complexity index is 155. The molecule has 1 saturated carbocycles. The van der Waals surface area contributed by atoms with Crippen LogP contribution < -0.4 is 5.32 Å². The number of hydrogen-bond donors (Lipinski definition) is 1. The smallest absolute Gasteiger partial charge is 0.134 e. The van der Waals surface area contributed by atoms with Crippen LogP contribution in [0.15, 0.2) is 0 Å². The molecule has 1 saturated heterocycles. The maximum atomic E-state index is 11.0. The second kappa shape index (κ2) is 2.35. The molecule has 0 bridgehead atoms. The molecule has 10 heavy (non-hydrogen) atoms. The van der Waals surface area contributed by atoms with Crippen LogP contribution in [-0.2, 0) is 4.79 Å². The molecule has 1 N–H and O–H groups in total. The fourth-order valence-electron chi connectivity index (χ4n) is 2.10. The van der Waals surface area contributed by atoms with Crippen LogP contribution in [0.2, 0.25) is 0 Å². The first kappa shape index (κ1) is 6.35. The van der Waals surface area contributed by atoms with Crippen molar-refractivity contribution in [3.8, 4) is 0 Å². The maximum absolute atomic E-state index is 11.0. The van der Waals surface area contributed by atoms with Crippen LogP contribution in [0, 0.1) is 5.92 Å². The summed E-state index contributed by atoms with van der Waals surface area (Å²) in [7, 11) is 0. The Morgan fingerprint density at radius 1 is 1.40 bits per heavy atom. The van der Waals surface area contributed by atoms with E-state index in [0.717, 1.165) is 31.7 Å². The summed E-state index contributed by atoms with van der Waals surface area (Å²) in [5, 5.41) is 3.37. The highest BCUT2D eigenvalue weighted by Gasteiger charge is 2.32. The van der Waals surface area contributed by atoms with Crippen molar-refractivity contribution in [2.45, 2.75) is 31.7 Å². The first-order chi connectivity index (χ1) is 4.86. The van der Waals surface area contributed by atoms with Gasteiger partial charge >= 0.3 is 0 Å². The molecule has 1 aliphatic carbocycles. The Morgan fingerprint density at radius 2 is 2.30 bits per heavy atom. The van der Waals surface area contributed by atoms with Crippen LogP contribution in [0.1, 0.15) is 25.7 Å². The molecule has 2 nitrogen and oxygen atoms in total. The van der Waals surface area contributed by atoms with Crippen molar-refractivity contribution in [1.29, 1.82) is 0 Å². The number of nitrogens with one attached hydrogen (secondary N) is 1. The van der Waals surface area contributed by atoms with Crippen LogP contribution in [-0.4, -0.2) is 18.4 Å². The predicted molar refractivity (Wildman–Crippen MR) is 38.8 cm³/mol. The molecule has 2 fully saturated rings. The minimum absolute atomic E-state index is 0.454. The highest BCUT2D eigenvalue weighted by molar-refractivity contribution is 5.80. The quantitative estimate of drug-likeness (QED) is 0.535. The van der Waals surface area contributed by atoms with Gasteiger partial charge in [-0.25, -0.2) is 0 Å². The Balaban J connectivity index is 2.03. The van der Waals surface area contributed by atoms with E-state index >= 15 is 0 Å². The molecule has 2 atom stereocenters. The van der Waals surface area contributed by atoms with E-state index in [9.17, 15) is 4.79 Å². The number of hydrogen-bond acceptors (Lipinski definition) is 2. The van der Waals surface area contributed by atoms with Crippen LogP contribution in [0.3, 0.4) is 0 Å². The molecular weight excluding hydrogens is 126 g/mol. The predicted octanol–water partition coefficient (Wildman–Crippen LogP) is 0.718. The van der Waals surface area contributed by atoms with Gasteiger partial charge in [0.15, 0.2) is 0 Å². The lowest BCUT2D eigenvalue weighted by Gasteiger charge is -2.23. The molecule has 2 unspecified atom stereocenters. The molecule has 2 aliphatic rings. The average Bonchev–Trinajstić information content (AvgIpc) is 2.33. The lowest BCUT2D eigenvalue weighted by molar-refractivity contribution is -0.121. The summed E-state index contributed by atoms with van der Waals surface area (Å²) < 4.78 is 0.